The highest BCUT2D eigenvalue weighted by Gasteiger charge is 2.12. The van der Waals surface area contributed by atoms with Crippen LogP contribution in [-0.4, -0.2) is 16.8 Å². The van der Waals surface area contributed by atoms with Crippen molar-refractivity contribution in [3.63, 3.8) is 0 Å². The molecule has 0 radical (unpaired) electrons. The second-order valence-electron chi connectivity index (χ2n) is 2.95. The van der Waals surface area contributed by atoms with Crippen molar-refractivity contribution >= 4 is 11.6 Å². The van der Waals surface area contributed by atoms with Crippen molar-refractivity contribution < 1.29 is 14.6 Å². The van der Waals surface area contributed by atoms with Gasteiger partial charge in [0.15, 0.2) is 0 Å². The van der Waals surface area contributed by atoms with E-state index in [-0.39, 0.29) is 17.4 Å². The van der Waals surface area contributed by atoms with E-state index in [0.29, 0.717) is 12.0 Å². The Kier molecular flexibility index (Phi) is 3.69. The molecule has 0 saturated heterocycles. The van der Waals surface area contributed by atoms with Crippen LogP contribution in [0.25, 0.3) is 0 Å². The predicted octanol–water partition coefficient (Wildman–Crippen LogP) is 1.57. The lowest BCUT2D eigenvalue weighted by Gasteiger charge is -2.11. The molecular weight excluding hydrogens is 209 g/mol. The van der Waals surface area contributed by atoms with E-state index in [2.05, 4.69) is 0 Å². The van der Waals surface area contributed by atoms with Crippen LogP contribution in [0, 0.1) is 5.82 Å². The third-order valence-corrected chi connectivity index (χ3v) is 2.27. The van der Waals surface area contributed by atoms with Gasteiger partial charge in [0.1, 0.15) is 16.6 Å². The second-order valence-corrected chi connectivity index (χ2v) is 3.33. The Morgan fingerprint density at radius 3 is 2.64 bits per heavy atom. The summed E-state index contributed by atoms with van der Waals surface area (Å²) in [6, 6.07) is 1.95. The van der Waals surface area contributed by atoms with Gasteiger partial charge in [-0.2, -0.15) is 0 Å². The number of hydrogen-bond acceptors (Lipinski definition) is 3. The maximum atomic E-state index is 13.0. The fourth-order valence-electron chi connectivity index (χ4n) is 1.11. The molecular formula is C9H11ClFNO2. The Morgan fingerprint density at radius 2 is 2.14 bits per heavy atom. The Bertz CT molecular complexity index is 310. The first-order valence-corrected chi connectivity index (χ1v) is 4.48. The topological polar surface area (TPSA) is 66.5 Å². The third-order valence-electron chi connectivity index (χ3n) is 1.90. The molecule has 14 heavy (non-hydrogen) atoms. The summed E-state index contributed by atoms with van der Waals surface area (Å²) in [6.45, 7) is -0.0911. The number of nitrogens with two attached hydrogens (primary N) is 1. The van der Waals surface area contributed by atoms with Crippen LogP contribution in [0.3, 0.4) is 0 Å². The molecule has 4 N–H and O–H groups in total. The molecule has 0 aliphatic heterocycles. The fraction of sp³-hybridized carbons (Fsp3) is 0.333. The van der Waals surface area contributed by atoms with E-state index >= 15 is 0 Å². The van der Waals surface area contributed by atoms with Gasteiger partial charge in [-0.25, -0.2) is 4.39 Å². The van der Waals surface area contributed by atoms with Crippen molar-refractivity contribution in [2.45, 2.75) is 12.5 Å². The van der Waals surface area contributed by atoms with Crippen LogP contribution in [0.4, 0.5) is 4.39 Å². The van der Waals surface area contributed by atoms with Gasteiger partial charge in [0.05, 0.1) is 0 Å². The number of benzene rings is 1. The first kappa shape index (κ1) is 11.2. The van der Waals surface area contributed by atoms with Crippen LogP contribution in [0.5, 0.6) is 5.75 Å². The number of rotatable bonds is 3. The van der Waals surface area contributed by atoms with Gasteiger partial charge in [-0.15, -0.1) is 0 Å². The zero-order chi connectivity index (χ0) is 10.7. The lowest BCUT2D eigenvalue weighted by molar-refractivity contribution is 0.276. The molecule has 78 valence electrons. The number of aromatic hydroxyl groups is 1. The van der Waals surface area contributed by atoms with Crippen LogP contribution in [-0.2, 0) is 0 Å². The maximum Gasteiger partial charge on any atom is 0.145 e. The second kappa shape index (κ2) is 4.59. The molecule has 0 aliphatic rings. The van der Waals surface area contributed by atoms with Crippen molar-refractivity contribution in [2.75, 3.05) is 6.61 Å². The summed E-state index contributed by atoms with van der Waals surface area (Å²) in [5, 5.41) is 17.5. The van der Waals surface area contributed by atoms with E-state index < -0.39 is 11.9 Å². The van der Waals surface area contributed by atoms with Gasteiger partial charge in [-0.1, -0.05) is 11.6 Å². The summed E-state index contributed by atoms with van der Waals surface area (Å²) in [4.78, 5) is 0. The Hall–Kier alpha value is -0.840. The van der Waals surface area contributed by atoms with E-state index in [0.717, 1.165) is 6.07 Å². The zero-order valence-electron chi connectivity index (χ0n) is 7.37. The number of phenolic OH excluding ortho intramolecular Hbond substituents is 1. The van der Waals surface area contributed by atoms with Crippen molar-refractivity contribution in [3.05, 3.63) is 28.5 Å². The van der Waals surface area contributed by atoms with Crippen LogP contribution in [0.2, 0.25) is 5.02 Å². The molecule has 0 amide bonds. The SMILES string of the molecule is NC(CCO)c1cc(O)c(Cl)c(F)c1. The molecule has 0 saturated carbocycles. The molecule has 0 heterocycles. The first-order chi connectivity index (χ1) is 6.56. The minimum absolute atomic E-state index is 0.0911. The summed E-state index contributed by atoms with van der Waals surface area (Å²) < 4.78 is 13.0. The lowest BCUT2D eigenvalue weighted by Crippen LogP contribution is -2.12. The summed E-state index contributed by atoms with van der Waals surface area (Å²) in [6.07, 6.45) is 0.306. The molecule has 1 rings (SSSR count). The average Bonchev–Trinajstić information content (AvgIpc) is 2.13. The van der Waals surface area contributed by atoms with Crippen molar-refractivity contribution in [1.82, 2.24) is 0 Å². The predicted molar refractivity (Wildman–Crippen MR) is 51.7 cm³/mol. The van der Waals surface area contributed by atoms with E-state index in [1.807, 2.05) is 0 Å². The van der Waals surface area contributed by atoms with Gasteiger partial charge in [-0.05, 0) is 24.1 Å². The number of aliphatic hydroxyl groups excluding tert-OH is 1. The minimum atomic E-state index is -0.713. The molecule has 5 heteroatoms. The third kappa shape index (κ3) is 2.35. The van der Waals surface area contributed by atoms with Gasteiger partial charge in [0, 0.05) is 12.6 Å². The summed E-state index contributed by atoms with van der Waals surface area (Å²) >= 11 is 5.42. The molecule has 1 aromatic rings. The van der Waals surface area contributed by atoms with Gasteiger partial charge in [0.2, 0.25) is 0 Å². The average molecular weight is 220 g/mol. The molecule has 3 nitrogen and oxygen atoms in total. The summed E-state index contributed by atoms with van der Waals surface area (Å²) in [5.41, 5.74) is 6.03. The molecule has 0 spiro atoms. The Balaban J connectivity index is 3.00. The minimum Gasteiger partial charge on any atom is -0.506 e. The first-order valence-electron chi connectivity index (χ1n) is 4.10. The highest BCUT2D eigenvalue weighted by Crippen LogP contribution is 2.29. The molecule has 0 bridgehead atoms. The Morgan fingerprint density at radius 1 is 1.50 bits per heavy atom. The molecule has 0 aliphatic carbocycles. The van der Waals surface area contributed by atoms with Crippen molar-refractivity contribution in [2.24, 2.45) is 5.73 Å². The van der Waals surface area contributed by atoms with Crippen LogP contribution in [0.15, 0.2) is 12.1 Å². The quantitative estimate of drug-likeness (QED) is 0.723. The lowest BCUT2D eigenvalue weighted by atomic mass is 10.0. The van der Waals surface area contributed by atoms with Gasteiger partial charge in [-0.3, -0.25) is 0 Å². The highest BCUT2D eigenvalue weighted by molar-refractivity contribution is 6.32. The number of aliphatic hydroxyl groups is 1. The standard InChI is InChI=1S/C9H11ClFNO2/c10-9-6(11)3-5(4-8(9)14)7(12)1-2-13/h3-4,7,13-14H,1-2,12H2. The molecule has 0 aromatic heterocycles. The normalized spacial score (nSPS) is 12.9. The molecule has 0 fully saturated rings. The Labute approximate surface area is 85.9 Å². The number of hydrogen-bond donors (Lipinski definition) is 3. The smallest absolute Gasteiger partial charge is 0.145 e. The zero-order valence-corrected chi connectivity index (χ0v) is 8.13. The monoisotopic (exact) mass is 219 g/mol. The van der Waals surface area contributed by atoms with Gasteiger partial charge in [0.25, 0.3) is 0 Å². The molecule has 1 unspecified atom stereocenters. The van der Waals surface area contributed by atoms with Crippen molar-refractivity contribution in [1.29, 1.82) is 0 Å². The van der Waals surface area contributed by atoms with E-state index in [1.54, 1.807) is 0 Å². The number of phenols is 1. The van der Waals surface area contributed by atoms with Gasteiger partial charge < -0.3 is 15.9 Å². The molecule has 1 atom stereocenters. The van der Waals surface area contributed by atoms with E-state index in [4.69, 9.17) is 22.4 Å². The van der Waals surface area contributed by atoms with Crippen molar-refractivity contribution in [3.8, 4) is 5.75 Å². The molecule has 1 aromatic carbocycles. The van der Waals surface area contributed by atoms with Gasteiger partial charge >= 0.3 is 0 Å². The summed E-state index contributed by atoms with van der Waals surface area (Å²) in [7, 11) is 0. The maximum absolute atomic E-state index is 13.0. The van der Waals surface area contributed by atoms with Crippen LogP contribution >= 0.6 is 11.6 Å². The van der Waals surface area contributed by atoms with E-state index in [1.165, 1.54) is 6.07 Å². The largest absolute Gasteiger partial charge is 0.506 e. The van der Waals surface area contributed by atoms with Crippen LogP contribution in [0.1, 0.15) is 18.0 Å². The highest BCUT2D eigenvalue weighted by atomic mass is 35.5. The fourth-order valence-corrected chi connectivity index (χ4v) is 1.22. The summed E-state index contributed by atoms with van der Waals surface area (Å²) in [5.74, 6) is -1.05. The van der Waals surface area contributed by atoms with Crippen LogP contribution < -0.4 is 5.73 Å². The van der Waals surface area contributed by atoms with E-state index in [9.17, 15) is 9.50 Å². The number of halogens is 2.